The van der Waals surface area contributed by atoms with E-state index in [1.165, 1.54) is 0 Å². The van der Waals surface area contributed by atoms with Crippen LogP contribution in [0, 0.1) is 6.92 Å². The lowest BCUT2D eigenvalue weighted by Gasteiger charge is -2.19. The molecule has 0 radical (unpaired) electrons. The summed E-state index contributed by atoms with van der Waals surface area (Å²) in [6, 6.07) is 8.74. The molecular formula is C24H18F3N11O. The Morgan fingerprint density at radius 2 is 2.00 bits per heavy atom. The Bertz CT molecular complexity index is 1750. The van der Waals surface area contributed by atoms with Crippen molar-refractivity contribution in [3.8, 4) is 22.5 Å². The van der Waals surface area contributed by atoms with E-state index in [4.69, 9.17) is 0 Å². The van der Waals surface area contributed by atoms with Gasteiger partial charge in [0.2, 0.25) is 0 Å². The average molecular weight is 533 g/mol. The number of aromatic amines is 1. The van der Waals surface area contributed by atoms with E-state index in [1.807, 2.05) is 23.6 Å². The average Bonchev–Trinajstić information content (AvgIpc) is 3.62. The predicted octanol–water partition coefficient (Wildman–Crippen LogP) is 3.20. The lowest BCUT2D eigenvalue weighted by Crippen LogP contribution is -2.17. The fourth-order valence-corrected chi connectivity index (χ4v) is 4.33. The second-order valence-electron chi connectivity index (χ2n) is 8.67. The highest BCUT2D eigenvalue weighted by Gasteiger charge is 2.31. The molecule has 1 aromatic carbocycles. The molecule has 0 spiro atoms. The Morgan fingerprint density at radius 3 is 2.79 bits per heavy atom. The first-order valence-corrected chi connectivity index (χ1v) is 11.6. The van der Waals surface area contributed by atoms with Crippen molar-refractivity contribution in [1.29, 1.82) is 0 Å². The van der Waals surface area contributed by atoms with E-state index in [-0.39, 0.29) is 17.3 Å². The van der Waals surface area contributed by atoms with Crippen molar-refractivity contribution in [2.24, 2.45) is 4.99 Å². The summed E-state index contributed by atoms with van der Waals surface area (Å²) in [7, 11) is 0. The van der Waals surface area contributed by atoms with Crippen molar-refractivity contribution in [2.75, 3.05) is 17.2 Å². The van der Waals surface area contributed by atoms with Crippen molar-refractivity contribution in [1.82, 2.24) is 40.1 Å². The topological polar surface area (TPSA) is 152 Å². The van der Waals surface area contributed by atoms with Crippen molar-refractivity contribution in [2.45, 2.75) is 19.6 Å². The van der Waals surface area contributed by atoms with Crippen LogP contribution < -0.4 is 16.3 Å². The third kappa shape index (κ3) is 4.65. The van der Waals surface area contributed by atoms with Gasteiger partial charge in [0.05, 0.1) is 5.56 Å². The number of tetrazole rings is 1. The molecule has 0 atom stereocenters. The largest absolute Gasteiger partial charge is 0.416 e. The van der Waals surface area contributed by atoms with Crippen molar-refractivity contribution in [3.63, 3.8) is 0 Å². The lowest BCUT2D eigenvalue weighted by molar-refractivity contribution is -0.137. The maximum absolute atomic E-state index is 13.1. The summed E-state index contributed by atoms with van der Waals surface area (Å²) in [5.74, 6) is 0.838. The van der Waals surface area contributed by atoms with Crippen LogP contribution in [0.3, 0.4) is 0 Å². The van der Waals surface area contributed by atoms with Gasteiger partial charge in [-0.2, -0.15) is 28.4 Å². The molecule has 5 heterocycles. The number of alkyl halides is 3. The summed E-state index contributed by atoms with van der Waals surface area (Å²) in [5, 5.41) is 19.4. The molecule has 0 aliphatic carbocycles. The number of anilines is 2. The SMILES string of the molecule is Cc1ccc(NC(=O)c2cc(C(F)(F)F)ccn2)cc1-c1cc2cnc(=Nc3nn[nH]n3)nc-2n2c1NCC2. The van der Waals surface area contributed by atoms with Gasteiger partial charge in [0, 0.05) is 42.3 Å². The van der Waals surface area contributed by atoms with E-state index in [0.29, 0.717) is 24.6 Å². The summed E-state index contributed by atoms with van der Waals surface area (Å²) in [6.45, 7) is 3.24. The fraction of sp³-hybridized carbons (Fsp3) is 0.167. The summed E-state index contributed by atoms with van der Waals surface area (Å²) in [4.78, 5) is 29.6. The van der Waals surface area contributed by atoms with Gasteiger partial charge in [0.25, 0.3) is 17.5 Å². The van der Waals surface area contributed by atoms with Crippen LogP contribution in [0.5, 0.6) is 0 Å². The number of amides is 1. The number of carbonyl (C=O) groups is 1. The smallest absolute Gasteiger partial charge is 0.369 e. The molecule has 15 heteroatoms. The quantitative estimate of drug-likeness (QED) is 0.319. The number of hydrogen-bond acceptors (Lipinski definition) is 9. The third-order valence-corrected chi connectivity index (χ3v) is 6.13. The number of halogens is 3. The van der Waals surface area contributed by atoms with Crippen LogP contribution in [0.1, 0.15) is 21.6 Å². The fourth-order valence-electron chi connectivity index (χ4n) is 4.33. The zero-order valence-corrected chi connectivity index (χ0v) is 20.2. The van der Waals surface area contributed by atoms with E-state index in [0.717, 1.165) is 46.4 Å². The number of rotatable bonds is 4. The minimum Gasteiger partial charge on any atom is -0.369 e. The lowest BCUT2D eigenvalue weighted by atomic mass is 9.98. The van der Waals surface area contributed by atoms with Gasteiger partial charge in [-0.1, -0.05) is 11.2 Å². The van der Waals surface area contributed by atoms with Gasteiger partial charge in [-0.15, -0.1) is 5.10 Å². The Balaban J connectivity index is 1.38. The standard InChI is InChI=1S/C24H18F3N11O/c1-12-2-3-15(31-21(39)18-9-14(4-5-28-18)24(25,26)27)10-16(12)17-8-13-11-30-22(33-23-34-36-37-35-23)32-19(13)38-7-6-29-20(17)38/h2-5,8-11,29H,6-7H2,1H3,(H,31,39)(H,34,35,36,37). The van der Waals surface area contributed by atoms with E-state index in [9.17, 15) is 18.0 Å². The zero-order chi connectivity index (χ0) is 27.1. The first kappa shape index (κ1) is 24.1. The van der Waals surface area contributed by atoms with Gasteiger partial charge in [-0.3, -0.25) is 9.78 Å². The number of aryl methyl sites for hydroxylation is 1. The number of fused-ring (bicyclic) bond motifs is 3. The first-order chi connectivity index (χ1) is 18.8. The molecule has 0 bridgehead atoms. The minimum atomic E-state index is -4.58. The Morgan fingerprint density at radius 1 is 1.13 bits per heavy atom. The van der Waals surface area contributed by atoms with Crippen LogP contribution in [-0.2, 0) is 12.7 Å². The first-order valence-electron chi connectivity index (χ1n) is 11.6. The van der Waals surface area contributed by atoms with Crippen molar-refractivity contribution >= 4 is 23.4 Å². The molecule has 12 nitrogen and oxygen atoms in total. The van der Waals surface area contributed by atoms with Crippen LogP contribution in [0.4, 0.5) is 30.6 Å². The highest BCUT2D eigenvalue weighted by Crippen LogP contribution is 2.39. The van der Waals surface area contributed by atoms with Gasteiger partial charge in [-0.25, -0.2) is 4.98 Å². The highest BCUT2D eigenvalue weighted by atomic mass is 19.4. The number of H-pyrrole nitrogens is 1. The van der Waals surface area contributed by atoms with Gasteiger partial charge >= 0.3 is 6.18 Å². The molecule has 39 heavy (non-hydrogen) atoms. The molecule has 196 valence electrons. The number of nitrogens with zero attached hydrogens (tertiary/aromatic N) is 8. The summed E-state index contributed by atoms with van der Waals surface area (Å²) < 4.78 is 41.3. The maximum atomic E-state index is 13.1. The third-order valence-electron chi connectivity index (χ3n) is 6.13. The summed E-state index contributed by atoms with van der Waals surface area (Å²) in [5.41, 5.74) is 2.64. The van der Waals surface area contributed by atoms with Gasteiger partial charge < -0.3 is 15.2 Å². The molecule has 3 aliphatic rings. The number of nitrogens with one attached hydrogen (secondary N) is 3. The second-order valence-corrected chi connectivity index (χ2v) is 8.67. The van der Waals surface area contributed by atoms with Gasteiger partial charge in [0.15, 0.2) is 0 Å². The molecule has 6 rings (SSSR count). The van der Waals surface area contributed by atoms with Gasteiger partial charge in [-0.05, 0) is 53.6 Å². The number of pyridine rings is 2. The van der Waals surface area contributed by atoms with Crippen LogP contribution >= 0.6 is 0 Å². The molecule has 0 saturated heterocycles. The molecule has 0 fully saturated rings. The van der Waals surface area contributed by atoms with Gasteiger partial charge in [0.1, 0.15) is 17.3 Å². The predicted molar refractivity (Wildman–Crippen MR) is 132 cm³/mol. The zero-order valence-electron chi connectivity index (χ0n) is 20.2. The van der Waals surface area contributed by atoms with E-state index in [2.05, 4.69) is 51.2 Å². The number of carbonyl (C=O) groups excluding carboxylic acids is 1. The summed E-state index contributed by atoms with van der Waals surface area (Å²) >= 11 is 0. The van der Waals surface area contributed by atoms with Crippen molar-refractivity contribution < 1.29 is 18.0 Å². The van der Waals surface area contributed by atoms with Crippen LogP contribution in [-0.4, -0.2) is 52.6 Å². The van der Waals surface area contributed by atoms with E-state index >= 15 is 0 Å². The molecular weight excluding hydrogens is 515 g/mol. The maximum Gasteiger partial charge on any atom is 0.416 e. The molecule has 1 amide bonds. The van der Waals surface area contributed by atoms with Crippen LogP contribution in [0.25, 0.3) is 22.5 Å². The summed E-state index contributed by atoms with van der Waals surface area (Å²) in [6.07, 6.45) is -1.97. The normalized spacial score (nSPS) is 13.4. The molecule has 0 saturated carbocycles. The van der Waals surface area contributed by atoms with Crippen LogP contribution in [0.15, 0.2) is 53.8 Å². The minimum absolute atomic E-state index is 0.112. The highest BCUT2D eigenvalue weighted by molar-refractivity contribution is 6.03. The van der Waals surface area contributed by atoms with E-state index < -0.39 is 17.6 Å². The second kappa shape index (κ2) is 9.27. The number of benzene rings is 1. The van der Waals surface area contributed by atoms with E-state index in [1.54, 1.807) is 18.3 Å². The molecule has 3 aliphatic heterocycles. The number of hydrogen-bond donors (Lipinski definition) is 3. The Hall–Kier alpha value is -5.21. The van der Waals surface area contributed by atoms with Crippen LogP contribution in [0.2, 0.25) is 0 Å². The molecule has 2 aromatic heterocycles. The number of aromatic nitrogens is 8. The Kier molecular flexibility index (Phi) is 5.74. The monoisotopic (exact) mass is 533 g/mol. The molecule has 3 N–H and O–H groups in total. The van der Waals surface area contributed by atoms with Crippen molar-refractivity contribution in [3.05, 3.63) is 71.2 Å². The molecule has 3 aromatic rings. The molecule has 0 unspecified atom stereocenters. The Labute approximate surface area is 217 Å².